The number of nitrogen functional groups attached to an aromatic ring is 1. The predicted molar refractivity (Wildman–Crippen MR) is 107 cm³/mol. The molecule has 0 atom stereocenters. The predicted octanol–water partition coefficient (Wildman–Crippen LogP) is 4.38. The van der Waals surface area contributed by atoms with Crippen LogP contribution in [0.2, 0.25) is 5.02 Å². The molecular formula is C19H18ClN5O2. The lowest BCUT2D eigenvalue weighted by Crippen LogP contribution is -2.07. The van der Waals surface area contributed by atoms with Gasteiger partial charge in [-0.2, -0.15) is 0 Å². The van der Waals surface area contributed by atoms with Gasteiger partial charge in [0.1, 0.15) is 12.0 Å². The van der Waals surface area contributed by atoms with Gasteiger partial charge in [-0.25, -0.2) is 14.8 Å². The molecule has 0 saturated carbocycles. The summed E-state index contributed by atoms with van der Waals surface area (Å²) in [7, 11) is 0. The number of nitrogens with zero attached hydrogens (tertiary/aromatic N) is 2. The van der Waals surface area contributed by atoms with Crippen LogP contribution in [0.25, 0.3) is 0 Å². The fraction of sp³-hybridized carbons (Fsp3) is 0.105. The molecule has 27 heavy (non-hydrogen) atoms. The monoisotopic (exact) mass is 383 g/mol. The van der Waals surface area contributed by atoms with E-state index in [2.05, 4.69) is 20.6 Å². The molecule has 2 aromatic carbocycles. The van der Waals surface area contributed by atoms with Gasteiger partial charge in [-0.1, -0.05) is 17.7 Å². The van der Waals surface area contributed by atoms with E-state index in [4.69, 9.17) is 22.1 Å². The van der Waals surface area contributed by atoms with E-state index in [-0.39, 0.29) is 5.97 Å². The second kappa shape index (κ2) is 8.37. The third kappa shape index (κ3) is 4.65. The second-order valence-corrected chi connectivity index (χ2v) is 5.98. The van der Waals surface area contributed by atoms with Gasteiger partial charge in [0.15, 0.2) is 11.6 Å². The Morgan fingerprint density at radius 2 is 1.74 bits per heavy atom. The smallest absolute Gasteiger partial charge is 0.338 e. The van der Waals surface area contributed by atoms with Crippen LogP contribution < -0.4 is 16.4 Å². The molecular weight excluding hydrogens is 366 g/mol. The third-order valence-corrected chi connectivity index (χ3v) is 3.88. The van der Waals surface area contributed by atoms with E-state index >= 15 is 0 Å². The van der Waals surface area contributed by atoms with E-state index in [1.165, 1.54) is 6.33 Å². The van der Waals surface area contributed by atoms with Gasteiger partial charge in [-0.05, 0) is 49.4 Å². The number of anilines is 5. The number of nitrogens with one attached hydrogen (secondary N) is 2. The first-order valence-electron chi connectivity index (χ1n) is 8.24. The van der Waals surface area contributed by atoms with Crippen LogP contribution in [-0.4, -0.2) is 22.5 Å². The molecule has 0 spiro atoms. The summed E-state index contributed by atoms with van der Waals surface area (Å²) < 4.78 is 5.01. The first kappa shape index (κ1) is 18.5. The highest BCUT2D eigenvalue weighted by Gasteiger charge is 2.11. The molecule has 3 aromatic rings. The number of carbonyl (C=O) groups excluding carboxylic acids is 1. The molecule has 1 aromatic heterocycles. The summed E-state index contributed by atoms with van der Waals surface area (Å²) in [5.74, 6) is 0.487. The van der Waals surface area contributed by atoms with Crippen LogP contribution in [0.4, 0.5) is 28.7 Å². The summed E-state index contributed by atoms with van der Waals surface area (Å²) in [6, 6.07) is 14.1. The van der Waals surface area contributed by atoms with E-state index in [0.29, 0.717) is 40.2 Å². The number of carbonyl (C=O) groups is 1. The highest BCUT2D eigenvalue weighted by Crippen LogP contribution is 2.28. The molecule has 0 aliphatic heterocycles. The molecule has 138 valence electrons. The van der Waals surface area contributed by atoms with Gasteiger partial charge in [0.05, 0.1) is 12.2 Å². The number of halogens is 1. The largest absolute Gasteiger partial charge is 0.462 e. The SMILES string of the molecule is CCOC(=O)c1cccc(Nc2ncnc(Nc3ccc(Cl)cc3)c2N)c1. The highest BCUT2D eigenvalue weighted by molar-refractivity contribution is 6.30. The Morgan fingerprint density at radius 1 is 1.07 bits per heavy atom. The lowest BCUT2D eigenvalue weighted by atomic mass is 10.2. The standard InChI is InChI=1S/C19H18ClN5O2/c1-2-27-19(26)12-4-3-5-15(10-12)25-18-16(21)17(22-11-23-18)24-14-8-6-13(20)7-9-14/h3-11H,2,21H2,1H3,(H2,22,23,24,25). The number of ether oxygens (including phenoxy) is 1. The second-order valence-electron chi connectivity index (χ2n) is 5.54. The normalized spacial score (nSPS) is 10.3. The average molecular weight is 384 g/mol. The van der Waals surface area contributed by atoms with E-state index in [0.717, 1.165) is 5.69 Å². The maximum atomic E-state index is 11.9. The zero-order valence-corrected chi connectivity index (χ0v) is 15.3. The lowest BCUT2D eigenvalue weighted by Gasteiger charge is -2.13. The van der Waals surface area contributed by atoms with Gasteiger partial charge in [0, 0.05) is 16.4 Å². The molecule has 0 aliphatic carbocycles. The van der Waals surface area contributed by atoms with Gasteiger partial charge in [0.25, 0.3) is 0 Å². The first-order chi connectivity index (χ1) is 13.1. The zero-order valence-electron chi connectivity index (χ0n) is 14.6. The van der Waals surface area contributed by atoms with E-state index < -0.39 is 0 Å². The molecule has 8 heteroatoms. The summed E-state index contributed by atoms with van der Waals surface area (Å²) in [5.41, 5.74) is 8.41. The Labute approximate surface area is 161 Å². The maximum absolute atomic E-state index is 11.9. The van der Waals surface area contributed by atoms with Crippen molar-refractivity contribution in [1.82, 2.24) is 9.97 Å². The molecule has 0 saturated heterocycles. The van der Waals surface area contributed by atoms with Crippen molar-refractivity contribution in [2.75, 3.05) is 23.0 Å². The number of rotatable bonds is 6. The zero-order chi connectivity index (χ0) is 19.2. The maximum Gasteiger partial charge on any atom is 0.338 e. The quantitative estimate of drug-likeness (QED) is 0.543. The summed E-state index contributed by atoms with van der Waals surface area (Å²) in [5, 5.41) is 6.86. The number of esters is 1. The van der Waals surface area contributed by atoms with Crippen LogP contribution in [0.3, 0.4) is 0 Å². The van der Waals surface area contributed by atoms with E-state index in [1.54, 1.807) is 43.3 Å². The summed E-state index contributed by atoms with van der Waals surface area (Å²) in [6.45, 7) is 2.08. The van der Waals surface area contributed by atoms with Crippen LogP contribution in [0, 0.1) is 0 Å². The molecule has 7 nitrogen and oxygen atoms in total. The molecule has 0 radical (unpaired) electrons. The average Bonchev–Trinajstić information content (AvgIpc) is 2.67. The Bertz CT molecular complexity index is 947. The Kier molecular flexibility index (Phi) is 5.73. The van der Waals surface area contributed by atoms with E-state index in [1.807, 2.05) is 12.1 Å². The molecule has 0 unspecified atom stereocenters. The Balaban J connectivity index is 1.81. The molecule has 4 N–H and O–H groups in total. The minimum absolute atomic E-state index is 0.315. The first-order valence-corrected chi connectivity index (χ1v) is 8.62. The van der Waals surface area contributed by atoms with Gasteiger partial charge in [-0.3, -0.25) is 0 Å². The third-order valence-electron chi connectivity index (χ3n) is 3.63. The fourth-order valence-corrected chi connectivity index (χ4v) is 2.47. The van der Waals surface area contributed by atoms with Gasteiger partial charge in [-0.15, -0.1) is 0 Å². The molecule has 0 bridgehead atoms. The molecule has 0 fully saturated rings. The van der Waals surface area contributed by atoms with Crippen molar-refractivity contribution in [2.45, 2.75) is 6.92 Å². The van der Waals surface area contributed by atoms with E-state index in [9.17, 15) is 4.79 Å². The van der Waals surface area contributed by atoms with Crippen molar-refractivity contribution < 1.29 is 9.53 Å². The Hall–Kier alpha value is -3.32. The van der Waals surface area contributed by atoms with Crippen molar-refractivity contribution in [3.63, 3.8) is 0 Å². The highest BCUT2D eigenvalue weighted by atomic mass is 35.5. The molecule has 1 heterocycles. The van der Waals surface area contributed by atoms with Gasteiger partial charge >= 0.3 is 5.97 Å². The number of benzene rings is 2. The minimum Gasteiger partial charge on any atom is -0.462 e. The number of hydrogen-bond donors (Lipinski definition) is 3. The van der Waals surface area contributed by atoms with Crippen LogP contribution in [-0.2, 0) is 4.74 Å². The lowest BCUT2D eigenvalue weighted by molar-refractivity contribution is 0.0526. The van der Waals surface area contributed by atoms with Crippen molar-refractivity contribution in [1.29, 1.82) is 0 Å². The molecule has 0 aliphatic rings. The Morgan fingerprint density at radius 3 is 2.41 bits per heavy atom. The van der Waals surface area contributed by atoms with Crippen molar-refractivity contribution >= 4 is 46.3 Å². The summed E-state index contributed by atoms with van der Waals surface area (Å²) >= 11 is 5.90. The summed E-state index contributed by atoms with van der Waals surface area (Å²) in [6.07, 6.45) is 1.39. The van der Waals surface area contributed by atoms with Crippen LogP contribution in [0.1, 0.15) is 17.3 Å². The van der Waals surface area contributed by atoms with Gasteiger partial charge in [0.2, 0.25) is 0 Å². The summed E-state index contributed by atoms with van der Waals surface area (Å²) in [4.78, 5) is 20.2. The topological polar surface area (TPSA) is 102 Å². The molecule has 3 rings (SSSR count). The van der Waals surface area contributed by atoms with Crippen molar-refractivity contribution in [3.8, 4) is 0 Å². The van der Waals surface area contributed by atoms with Crippen LogP contribution >= 0.6 is 11.6 Å². The minimum atomic E-state index is -0.387. The van der Waals surface area contributed by atoms with Crippen LogP contribution in [0.15, 0.2) is 54.9 Å². The number of aromatic nitrogens is 2. The van der Waals surface area contributed by atoms with Crippen LogP contribution in [0.5, 0.6) is 0 Å². The van der Waals surface area contributed by atoms with Gasteiger partial charge < -0.3 is 21.1 Å². The fourth-order valence-electron chi connectivity index (χ4n) is 2.34. The molecule has 0 amide bonds. The number of nitrogens with two attached hydrogens (primary N) is 1. The number of hydrogen-bond acceptors (Lipinski definition) is 7. The van der Waals surface area contributed by atoms with Crippen molar-refractivity contribution in [2.24, 2.45) is 0 Å². The van der Waals surface area contributed by atoms with Crippen molar-refractivity contribution in [3.05, 3.63) is 65.4 Å².